The molecule has 0 aliphatic heterocycles. The Balaban J connectivity index is 2.04. The van der Waals surface area contributed by atoms with Gasteiger partial charge in [-0.2, -0.15) is 0 Å². The summed E-state index contributed by atoms with van der Waals surface area (Å²) >= 11 is 13.8. The zero-order chi connectivity index (χ0) is 18.7. The van der Waals surface area contributed by atoms with E-state index in [9.17, 15) is 5.11 Å². The second-order valence-corrected chi connectivity index (χ2v) is 8.23. The fourth-order valence-electron chi connectivity index (χ4n) is 2.91. The smallest absolute Gasteiger partial charge is 0.133 e. The minimum Gasteiger partial charge on any atom is -0.388 e. The maximum absolute atomic E-state index is 9.56. The summed E-state index contributed by atoms with van der Waals surface area (Å²) in [5, 5.41) is 11.6. The second-order valence-electron chi connectivity index (χ2n) is 6.27. The van der Waals surface area contributed by atoms with Crippen molar-refractivity contribution in [2.24, 2.45) is 5.92 Å². The Hall–Kier alpha value is -1.53. The number of nitrogens with zero attached hydrogens (tertiary/aromatic N) is 2. The number of pyridine rings is 1. The Bertz CT molecular complexity index is 863. The third kappa shape index (κ3) is 4.41. The molecule has 0 aliphatic carbocycles. The van der Waals surface area contributed by atoms with E-state index in [-0.39, 0.29) is 12.5 Å². The van der Waals surface area contributed by atoms with Crippen LogP contribution in [0.1, 0.15) is 36.8 Å². The highest BCUT2D eigenvalue weighted by Gasteiger charge is 2.25. The van der Waals surface area contributed by atoms with Gasteiger partial charge in [-0.15, -0.1) is 0 Å². The molecule has 0 saturated heterocycles. The lowest BCUT2D eigenvalue weighted by Crippen LogP contribution is -2.10. The lowest BCUT2D eigenvalue weighted by molar-refractivity contribution is 0.272. The van der Waals surface area contributed by atoms with E-state index in [4.69, 9.17) is 23.2 Å². The van der Waals surface area contributed by atoms with Crippen LogP contribution in [0.25, 0.3) is 0 Å². The SMILES string of the molecule is CC(C)C(c1cccnc1)c1nc(CO)[nH]c1Sc1cc(Cl)cc(Cl)c1. The highest BCUT2D eigenvalue weighted by molar-refractivity contribution is 7.99. The second kappa shape index (κ2) is 8.44. The van der Waals surface area contributed by atoms with Gasteiger partial charge in [-0.3, -0.25) is 4.98 Å². The first-order valence-electron chi connectivity index (χ1n) is 8.21. The van der Waals surface area contributed by atoms with Gasteiger partial charge in [0.1, 0.15) is 17.5 Å². The maximum Gasteiger partial charge on any atom is 0.133 e. The molecule has 0 fully saturated rings. The summed E-state index contributed by atoms with van der Waals surface area (Å²) < 4.78 is 0. The van der Waals surface area contributed by atoms with E-state index in [1.54, 1.807) is 12.3 Å². The topological polar surface area (TPSA) is 61.8 Å². The third-order valence-electron chi connectivity index (χ3n) is 3.96. The van der Waals surface area contributed by atoms with Crippen molar-refractivity contribution in [3.05, 3.63) is 69.9 Å². The number of nitrogens with one attached hydrogen (secondary N) is 1. The molecule has 1 unspecified atom stereocenters. The molecule has 3 rings (SSSR count). The number of aliphatic hydroxyl groups excluding tert-OH is 1. The van der Waals surface area contributed by atoms with E-state index in [1.165, 1.54) is 11.8 Å². The predicted molar refractivity (Wildman–Crippen MR) is 106 cm³/mol. The molecule has 4 nitrogen and oxygen atoms in total. The Morgan fingerprint density at radius 1 is 1.19 bits per heavy atom. The Morgan fingerprint density at radius 3 is 2.50 bits per heavy atom. The van der Waals surface area contributed by atoms with Crippen LogP contribution in [0.3, 0.4) is 0 Å². The molecule has 3 aromatic rings. The van der Waals surface area contributed by atoms with Crippen LogP contribution in [0.5, 0.6) is 0 Å². The number of benzene rings is 1. The zero-order valence-corrected chi connectivity index (χ0v) is 16.7. The van der Waals surface area contributed by atoms with Gasteiger partial charge in [0, 0.05) is 33.3 Å². The number of hydrogen-bond donors (Lipinski definition) is 2. The van der Waals surface area contributed by atoms with Crippen molar-refractivity contribution in [3.8, 4) is 0 Å². The summed E-state index contributed by atoms with van der Waals surface area (Å²) in [6.07, 6.45) is 3.62. The predicted octanol–water partition coefficient (Wildman–Crippen LogP) is 5.54. The Morgan fingerprint density at radius 2 is 1.92 bits per heavy atom. The molecule has 2 aromatic heterocycles. The van der Waals surface area contributed by atoms with Crippen LogP contribution in [0, 0.1) is 5.92 Å². The Labute approximate surface area is 167 Å². The molecule has 136 valence electrons. The summed E-state index contributed by atoms with van der Waals surface area (Å²) in [7, 11) is 0. The molecule has 2 N–H and O–H groups in total. The molecular weight excluding hydrogens is 389 g/mol. The quantitative estimate of drug-likeness (QED) is 0.562. The minimum absolute atomic E-state index is 0.0532. The summed E-state index contributed by atoms with van der Waals surface area (Å²) in [5.74, 6) is 0.888. The largest absolute Gasteiger partial charge is 0.388 e. The van der Waals surface area contributed by atoms with Crippen molar-refractivity contribution >= 4 is 35.0 Å². The number of aromatic amines is 1. The van der Waals surface area contributed by atoms with Crippen LogP contribution in [0.15, 0.2) is 52.6 Å². The fraction of sp³-hybridized carbons (Fsp3) is 0.263. The van der Waals surface area contributed by atoms with Crippen LogP contribution in [0.2, 0.25) is 10.0 Å². The molecule has 26 heavy (non-hydrogen) atoms. The molecule has 0 amide bonds. The standard InChI is InChI=1S/C19H19Cl2N3OS/c1-11(2)17(12-4-3-5-22-9-12)18-19(24-16(10-25)23-18)26-15-7-13(20)6-14(21)8-15/h3-9,11,17,25H,10H2,1-2H3,(H,23,24). The summed E-state index contributed by atoms with van der Waals surface area (Å²) in [6, 6.07) is 9.39. The normalized spacial score (nSPS) is 12.5. The van der Waals surface area contributed by atoms with Crippen molar-refractivity contribution < 1.29 is 5.11 Å². The summed E-state index contributed by atoms with van der Waals surface area (Å²) in [4.78, 5) is 13.0. The first-order chi connectivity index (χ1) is 12.5. The highest BCUT2D eigenvalue weighted by atomic mass is 35.5. The van der Waals surface area contributed by atoms with Crippen molar-refractivity contribution in [1.29, 1.82) is 0 Å². The van der Waals surface area contributed by atoms with Crippen molar-refractivity contribution in [3.63, 3.8) is 0 Å². The highest BCUT2D eigenvalue weighted by Crippen LogP contribution is 2.39. The molecule has 0 bridgehead atoms. The third-order valence-corrected chi connectivity index (χ3v) is 5.38. The van der Waals surface area contributed by atoms with Gasteiger partial charge in [0.15, 0.2) is 0 Å². The number of hydrogen-bond acceptors (Lipinski definition) is 4. The summed E-state index contributed by atoms with van der Waals surface area (Å²) in [6.45, 7) is 4.15. The number of halogens is 2. The van der Waals surface area contributed by atoms with E-state index < -0.39 is 0 Å². The van der Waals surface area contributed by atoms with Gasteiger partial charge in [0.05, 0.1) is 5.69 Å². The number of imidazole rings is 1. The molecule has 0 spiro atoms. The molecule has 2 heterocycles. The lowest BCUT2D eigenvalue weighted by Gasteiger charge is -2.20. The lowest BCUT2D eigenvalue weighted by atomic mass is 9.87. The van der Waals surface area contributed by atoms with Crippen molar-refractivity contribution in [2.75, 3.05) is 0 Å². The van der Waals surface area contributed by atoms with Crippen LogP contribution < -0.4 is 0 Å². The van der Waals surface area contributed by atoms with Gasteiger partial charge in [0.25, 0.3) is 0 Å². The number of aliphatic hydroxyl groups is 1. The van der Waals surface area contributed by atoms with E-state index >= 15 is 0 Å². The average molecular weight is 408 g/mol. The van der Waals surface area contributed by atoms with E-state index in [0.717, 1.165) is 21.2 Å². The fourth-order valence-corrected chi connectivity index (χ4v) is 4.62. The van der Waals surface area contributed by atoms with Crippen LogP contribution in [-0.4, -0.2) is 20.1 Å². The molecular formula is C19H19Cl2N3OS. The van der Waals surface area contributed by atoms with Crippen molar-refractivity contribution in [2.45, 2.75) is 36.3 Å². The molecule has 1 atom stereocenters. The zero-order valence-electron chi connectivity index (χ0n) is 14.4. The van der Waals surface area contributed by atoms with Crippen LogP contribution in [-0.2, 0) is 6.61 Å². The number of H-pyrrole nitrogens is 1. The van der Waals surface area contributed by atoms with E-state index in [1.807, 2.05) is 24.4 Å². The van der Waals surface area contributed by atoms with Gasteiger partial charge in [-0.1, -0.05) is 54.9 Å². The minimum atomic E-state index is -0.151. The van der Waals surface area contributed by atoms with Crippen LogP contribution >= 0.6 is 35.0 Å². The molecule has 0 aliphatic rings. The first-order valence-corrected chi connectivity index (χ1v) is 9.78. The number of aromatic nitrogens is 3. The molecule has 0 radical (unpaired) electrons. The van der Waals surface area contributed by atoms with E-state index in [0.29, 0.717) is 21.8 Å². The molecule has 7 heteroatoms. The molecule has 1 aromatic carbocycles. The van der Waals surface area contributed by atoms with Gasteiger partial charge < -0.3 is 10.1 Å². The van der Waals surface area contributed by atoms with Gasteiger partial charge in [-0.05, 0) is 35.7 Å². The molecule has 0 saturated carbocycles. The van der Waals surface area contributed by atoms with Gasteiger partial charge in [-0.25, -0.2) is 4.98 Å². The van der Waals surface area contributed by atoms with Crippen LogP contribution in [0.4, 0.5) is 0 Å². The monoisotopic (exact) mass is 407 g/mol. The average Bonchev–Trinajstić information content (AvgIpc) is 2.97. The van der Waals surface area contributed by atoms with E-state index in [2.05, 4.69) is 34.9 Å². The maximum atomic E-state index is 9.56. The van der Waals surface area contributed by atoms with Crippen molar-refractivity contribution in [1.82, 2.24) is 15.0 Å². The summed E-state index contributed by atoms with van der Waals surface area (Å²) in [5.41, 5.74) is 1.97. The Kier molecular flexibility index (Phi) is 6.24. The number of rotatable bonds is 6. The first kappa shape index (κ1) is 19.2. The van der Waals surface area contributed by atoms with Gasteiger partial charge >= 0.3 is 0 Å². The van der Waals surface area contributed by atoms with Gasteiger partial charge in [0.2, 0.25) is 0 Å².